The zero-order valence-corrected chi connectivity index (χ0v) is 9.21. The second-order valence-corrected chi connectivity index (χ2v) is 4.72. The zero-order chi connectivity index (χ0) is 11.3. The van der Waals surface area contributed by atoms with E-state index in [1.165, 1.54) is 19.3 Å². The van der Waals surface area contributed by atoms with Gasteiger partial charge in [0.05, 0.1) is 0 Å². The first-order valence-corrected chi connectivity index (χ1v) is 5.50. The average molecular weight is 213 g/mol. The number of carbonyl (C=O) groups is 2. The molecule has 0 aromatic heterocycles. The smallest absolute Gasteiger partial charge is 0.322 e. The maximum atomic E-state index is 11.4. The van der Waals surface area contributed by atoms with Crippen molar-refractivity contribution in [1.29, 1.82) is 0 Å². The molecule has 0 heterocycles. The number of carboxylic acid groups (broad SMARTS) is 1. The zero-order valence-electron chi connectivity index (χ0n) is 9.21. The molecule has 0 saturated heterocycles. The molecule has 0 atom stereocenters. The van der Waals surface area contributed by atoms with Crippen LogP contribution in [0.1, 0.15) is 45.4 Å². The van der Waals surface area contributed by atoms with Crippen LogP contribution in [-0.2, 0) is 9.59 Å². The Morgan fingerprint density at radius 2 is 1.87 bits per heavy atom. The lowest BCUT2D eigenvalue weighted by molar-refractivity contribution is -0.138. The molecule has 1 aliphatic rings. The number of amides is 1. The van der Waals surface area contributed by atoms with Crippen LogP contribution in [0, 0.1) is 5.41 Å². The second-order valence-electron chi connectivity index (χ2n) is 4.72. The fourth-order valence-electron chi connectivity index (χ4n) is 2.21. The topological polar surface area (TPSA) is 66.4 Å². The van der Waals surface area contributed by atoms with Gasteiger partial charge in [0.25, 0.3) is 0 Å². The number of nitrogens with one attached hydrogen (secondary N) is 1. The van der Waals surface area contributed by atoms with E-state index in [1.807, 2.05) is 0 Å². The van der Waals surface area contributed by atoms with Gasteiger partial charge in [0.1, 0.15) is 6.54 Å². The van der Waals surface area contributed by atoms with Gasteiger partial charge in [-0.15, -0.1) is 0 Å². The van der Waals surface area contributed by atoms with E-state index in [-0.39, 0.29) is 17.9 Å². The van der Waals surface area contributed by atoms with Crippen LogP contribution in [0.2, 0.25) is 0 Å². The van der Waals surface area contributed by atoms with Gasteiger partial charge in [-0.3, -0.25) is 9.59 Å². The van der Waals surface area contributed by atoms with E-state index in [2.05, 4.69) is 12.2 Å². The highest BCUT2D eigenvalue weighted by Crippen LogP contribution is 2.38. The van der Waals surface area contributed by atoms with Gasteiger partial charge < -0.3 is 10.4 Å². The minimum Gasteiger partial charge on any atom is -0.480 e. The fraction of sp³-hybridized carbons (Fsp3) is 0.818. The van der Waals surface area contributed by atoms with E-state index in [0.29, 0.717) is 6.42 Å². The van der Waals surface area contributed by atoms with Crippen LogP contribution in [0.15, 0.2) is 0 Å². The minimum absolute atomic E-state index is 0.0842. The van der Waals surface area contributed by atoms with Crippen molar-refractivity contribution in [2.24, 2.45) is 5.41 Å². The van der Waals surface area contributed by atoms with Crippen LogP contribution >= 0.6 is 0 Å². The number of hydrogen-bond acceptors (Lipinski definition) is 2. The van der Waals surface area contributed by atoms with Crippen molar-refractivity contribution in [3.63, 3.8) is 0 Å². The Hall–Kier alpha value is -1.06. The average Bonchev–Trinajstić information content (AvgIpc) is 2.15. The first-order valence-electron chi connectivity index (χ1n) is 5.50. The summed E-state index contributed by atoms with van der Waals surface area (Å²) in [5.41, 5.74) is 0.0842. The van der Waals surface area contributed by atoms with Crippen LogP contribution in [-0.4, -0.2) is 23.5 Å². The van der Waals surface area contributed by atoms with Crippen molar-refractivity contribution in [3.05, 3.63) is 0 Å². The summed E-state index contributed by atoms with van der Waals surface area (Å²) in [6.07, 6.45) is 6.24. The monoisotopic (exact) mass is 213 g/mol. The SMILES string of the molecule is CC1(CC(=O)NCC(=O)O)CCCCC1. The molecule has 1 saturated carbocycles. The summed E-state index contributed by atoms with van der Waals surface area (Å²) < 4.78 is 0. The molecule has 0 unspecified atom stereocenters. The fourth-order valence-corrected chi connectivity index (χ4v) is 2.21. The van der Waals surface area contributed by atoms with Crippen molar-refractivity contribution < 1.29 is 14.7 Å². The molecule has 1 amide bonds. The molecule has 1 fully saturated rings. The third kappa shape index (κ3) is 4.32. The van der Waals surface area contributed by atoms with Gasteiger partial charge in [0.2, 0.25) is 5.91 Å². The Morgan fingerprint density at radius 3 is 2.40 bits per heavy atom. The summed E-state index contributed by atoms with van der Waals surface area (Å²) in [6.45, 7) is 1.85. The van der Waals surface area contributed by atoms with Crippen molar-refractivity contribution in [2.45, 2.75) is 45.4 Å². The Morgan fingerprint density at radius 1 is 1.27 bits per heavy atom. The van der Waals surface area contributed by atoms with Crippen molar-refractivity contribution >= 4 is 11.9 Å². The number of carboxylic acids is 1. The normalized spacial score (nSPS) is 19.5. The molecule has 4 nitrogen and oxygen atoms in total. The van der Waals surface area contributed by atoms with Gasteiger partial charge in [0.15, 0.2) is 0 Å². The summed E-state index contributed by atoms with van der Waals surface area (Å²) in [4.78, 5) is 21.7. The maximum absolute atomic E-state index is 11.4. The van der Waals surface area contributed by atoms with Crippen LogP contribution in [0.4, 0.5) is 0 Å². The summed E-state index contributed by atoms with van der Waals surface area (Å²) in [7, 11) is 0. The minimum atomic E-state index is -0.989. The Bertz CT molecular complexity index is 244. The lowest BCUT2D eigenvalue weighted by Crippen LogP contribution is -2.34. The van der Waals surface area contributed by atoms with Crippen LogP contribution in [0.25, 0.3) is 0 Å². The van der Waals surface area contributed by atoms with Gasteiger partial charge in [0, 0.05) is 6.42 Å². The van der Waals surface area contributed by atoms with E-state index < -0.39 is 5.97 Å². The van der Waals surface area contributed by atoms with E-state index in [1.54, 1.807) is 0 Å². The molecule has 0 bridgehead atoms. The maximum Gasteiger partial charge on any atom is 0.322 e. The van der Waals surface area contributed by atoms with E-state index in [4.69, 9.17) is 5.11 Å². The molecular formula is C11H19NO3. The highest BCUT2D eigenvalue weighted by atomic mass is 16.4. The van der Waals surface area contributed by atoms with Gasteiger partial charge in [-0.1, -0.05) is 26.2 Å². The van der Waals surface area contributed by atoms with Crippen molar-refractivity contribution in [2.75, 3.05) is 6.54 Å². The molecular weight excluding hydrogens is 194 g/mol. The lowest BCUT2D eigenvalue weighted by atomic mass is 9.73. The Labute approximate surface area is 90.0 Å². The predicted molar refractivity (Wildman–Crippen MR) is 56.5 cm³/mol. The van der Waals surface area contributed by atoms with Gasteiger partial charge in [-0.25, -0.2) is 0 Å². The number of rotatable bonds is 4. The standard InChI is InChI=1S/C11H19NO3/c1-11(5-3-2-4-6-11)7-9(13)12-8-10(14)15/h2-8H2,1H3,(H,12,13)(H,14,15). The molecule has 1 aliphatic carbocycles. The summed E-state index contributed by atoms with van der Waals surface area (Å²) in [6, 6.07) is 0. The van der Waals surface area contributed by atoms with E-state index in [9.17, 15) is 9.59 Å². The molecule has 0 aliphatic heterocycles. The number of aliphatic carboxylic acids is 1. The largest absolute Gasteiger partial charge is 0.480 e. The van der Waals surface area contributed by atoms with Crippen LogP contribution in [0.5, 0.6) is 0 Å². The second kappa shape index (κ2) is 5.14. The highest BCUT2D eigenvalue weighted by molar-refractivity contribution is 5.81. The van der Waals surface area contributed by atoms with Crippen LogP contribution in [0.3, 0.4) is 0 Å². The molecule has 0 spiro atoms. The molecule has 0 radical (unpaired) electrons. The van der Waals surface area contributed by atoms with Gasteiger partial charge in [-0.05, 0) is 18.3 Å². The van der Waals surface area contributed by atoms with Gasteiger partial charge >= 0.3 is 5.97 Å². The molecule has 0 aromatic carbocycles. The Balaban J connectivity index is 2.32. The highest BCUT2D eigenvalue weighted by Gasteiger charge is 2.29. The first-order chi connectivity index (χ1) is 7.02. The van der Waals surface area contributed by atoms with Crippen LogP contribution < -0.4 is 5.32 Å². The molecule has 2 N–H and O–H groups in total. The molecule has 4 heteroatoms. The van der Waals surface area contributed by atoms with Crippen molar-refractivity contribution in [1.82, 2.24) is 5.32 Å². The summed E-state index contributed by atoms with van der Waals surface area (Å²) in [5.74, 6) is -1.13. The van der Waals surface area contributed by atoms with E-state index in [0.717, 1.165) is 12.8 Å². The predicted octanol–water partition coefficient (Wildman–Crippen LogP) is 1.55. The number of hydrogen-bond donors (Lipinski definition) is 2. The lowest BCUT2D eigenvalue weighted by Gasteiger charge is -2.32. The number of carbonyl (C=O) groups excluding carboxylic acids is 1. The molecule has 0 aromatic rings. The molecule has 15 heavy (non-hydrogen) atoms. The third-order valence-corrected chi connectivity index (χ3v) is 3.08. The van der Waals surface area contributed by atoms with Crippen molar-refractivity contribution in [3.8, 4) is 0 Å². The van der Waals surface area contributed by atoms with Gasteiger partial charge in [-0.2, -0.15) is 0 Å². The molecule has 1 rings (SSSR count). The quantitative estimate of drug-likeness (QED) is 0.744. The summed E-state index contributed by atoms with van der Waals surface area (Å²) in [5, 5.41) is 10.8. The van der Waals surface area contributed by atoms with E-state index >= 15 is 0 Å². The Kier molecular flexibility index (Phi) is 4.12. The first kappa shape index (κ1) is 12.0. The summed E-state index contributed by atoms with van der Waals surface area (Å²) >= 11 is 0. The third-order valence-electron chi connectivity index (χ3n) is 3.08. The molecule has 86 valence electrons.